The average molecular weight is 429 g/mol. The van der Waals surface area contributed by atoms with Crippen molar-refractivity contribution in [1.29, 1.82) is 0 Å². The molecule has 0 fully saturated rings. The van der Waals surface area contributed by atoms with Crippen LogP contribution in [0.15, 0.2) is 48.5 Å². The van der Waals surface area contributed by atoms with E-state index in [0.717, 1.165) is 15.6 Å². The highest BCUT2D eigenvalue weighted by Crippen LogP contribution is 2.38. The highest BCUT2D eigenvalue weighted by molar-refractivity contribution is 7.21. The van der Waals surface area contributed by atoms with E-state index < -0.39 is 0 Å². The summed E-state index contributed by atoms with van der Waals surface area (Å²) in [5.74, 6) is 0.643. The topological polar surface area (TPSA) is 71.1 Å². The summed E-state index contributed by atoms with van der Waals surface area (Å²) in [4.78, 5) is 24.0. The Morgan fingerprint density at radius 2 is 1.70 bits per heavy atom. The van der Waals surface area contributed by atoms with Gasteiger partial charge in [-0.15, -0.1) is 11.3 Å². The number of methoxy groups -OCH3 is 1. The summed E-state index contributed by atoms with van der Waals surface area (Å²) in [5.41, 5.74) is 1.04. The fraction of sp³-hybridized carbons (Fsp3) is 0.304. The first-order chi connectivity index (χ1) is 14.6. The monoisotopic (exact) mass is 428 g/mol. The third-order valence-electron chi connectivity index (χ3n) is 4.38. The molecule has 158 valence electrons. The normalized spacial score (nSPS) is 10.6. The molecule has 7 heteroatoms. The fourth-order valence-corrected chi connectivity index (χ4v) is 3.94. The van der Waals surface area contributed by atoms with Gasteiger partial charge in [-0.1, -0.05) is 24.3 Å². The second-order valence-corrected chi connectivity index (χ2v) is 7.45. The largest absolute Gasteiger partial charge is 0.490 e. The van der Waals surface area contributed by atoms with Gasteiger partial charge in [0.2, 0.25) is 0 Å². The van der Waals surface area contributed by atoms with Gasteiger partial charge in [0.1, 0.15) is 19.0 Å². The number of aryl methyl sites for hydroxylation is 1. The van der Waals surface area contributed by atoms with Crippen molar-refractivity contribution in [3.63, 3.8) is 0 Å². The summed E-state index contributed by atoms with van der Waals surface area (Å²) in [7, 11) is 1.38. The molecule has 1 aromatic heterocycles. The number of hydrogen-bond acceptors (Lipinski definition) is 7. The predicted octanol–water partition coefficient (Wildman–Crippen LogP) is 4.64. The minimum Gasteiger partial charge on any atom is -0.490 e. The van der Waals surface area contributed by atoms with E-state index in [1.165, 1.54) is 18.4 Å². The molecule has 0 radical (unpaired) electrons. The Bertz CT molecular complexity index is 993. The molecule has 0 aliphatic heterocycles. The Morgan fingerprint density at radius 1 is 0.967 bits per heavy atom. The molecule has 2 aromatic carbocycles. The molecule has 0 spiro atoms. The summed E-state index contributed by atoms with van der Waals surface area (Å²) < 4.78 is 22.4. The van der Waals surface area contributed by atoms with Gasteiger partial charge in [0.15, 0.2) is 10.6 Å². The summed E-state index contributed by atoms with van der Waals surface area (Å²) in [6.45, 7) is 2.71. The maximum absolute atomic E-state index is 12.3. The number of fused-ring (bicyclic) bond motifs is 1. The van der Waals surface area contributed by atoms with Gasteiger partial charge >= 0.3 is 11.9 Å². The number of carbonyl (C=O) groups excluding carboxylic acids is 2. The minimum atomic E-state index is -0.378. The van der Waals surface area contributed by atoms with Crippen molar-refractivity contribution in [3.05, 3.63) is 59.0 Å². The van der Waals surface area contributed by atoms with E-state index in [0.29, 0.717) is 42.4 Å². The zero-order valence-corrected chi connectivity index (χ0v) is 17.8. The van der Waals surface area contributed by atoms with Gasteiger partial charge in [0, 0.05) is 16.5 Å². The Balaban J connectivity index is 1.56. The zero-order chi connectivity index (χ0) is 21.3. The van der Waals surface area contributed by atoms with Crippen LogP contribution in [0.3, 0.4) is 0 Å². The fourth-order valence-electron chi connectivity index (χ4n) is 2.90. The van der Waals surface area contributed by atoms with Gasteiger partial charge in [-0.2, -0.15) is 0 Å². The number of esters is 2. The van der Waals surface area contributed by atoms with Crippen LogP contribution in [0, 0.1) is 0 Å². The number of benzene rings is 2. The first-order valence-electron chi connectivity index (χ1n) is 9.72. The molecule has 0 unspecified atom stereocenters. The SMILES string of the molecule is CCOC(=O)c1sc2ccccc2c1OCCOc1ccc(CCC(=O)OC)cc1. The van der Waals surface area contributed by atoms with E-state index in [-0.39, 0.29) is 18.5 Å². The van der Waals surface area contributed by atoms with Crippen LogP contribution in [0.2, 0.25) is 0 Å². The summed E-state index contributed by atoms with van der Waals surface area (Å²) in [6, 6.07) is 15.3. The van der Waals surface area contributed by atoms with Crippen molar-refractivity contribution < 1.29 is 28.5 Å². The number of carbonyl (C=O) groups is 2. The van der Waals surface area contributed by atoms with Crippen molar-refractivity contribution in [2.75, 3.05) is 26.9 Å². The molecular weight excluding hydrogens is 404 g/mol. The first-order valence-corrected chi connectivity index (χ1v) is 10.5. The molecule has 0 atom stereocenters. The van der Waals surface area contributed by atoms with E-state index in [2.05, 4.69) is 4.74 Å². The highest BCUT2D eigenvalue weighted by Gasteiger charge is 2.20. The van der Waals surface area contributed by atoms with Crippen LogP contribution in [-0.4, -0.2) is 38.9 Å². The number of ether oxygens (including phenoxy) is 4. The van der Waals surface area contributed by atoms with E-state index in [9.17, 15) is 9.59 Å². The van der Waals surface area contributed by atoms with Crippen LogP contribution in [-0.2, 0) is 20.7 Å². The van der Waals surface area contributed by atoms with Crippen LogP contribution in [0.5, 0.6) is 11.5 Å². The van der Waals surface area contributed by atoms with E-state index >= 15 is 0 Å². The lowest BCUT2D eigenvalue weighted by molar-refractivity contribution is -0.140. The Kier molecular flexibility index (Phi) is 7.68. The third kappa shape index (κ3) is 5.51. The summed E-state index contributed by atoms with van der Waals surface area (Å²) in [6.07, 6.45) is 0.972. The van der Waals surface area contributed by atoms with E-state index in [1.807, 2.05) is 48.5 Å². The van der Waals surface area contributed by atoms with E-state index in [1.54, 1.807) is 6.92 Å². The van der Waals surface area contributed by atoms with Gasteiger partial charge < -0.3 is 18.9 Å². The van der Waals surface area contributed by atoms with Crippen LogP contribution in [0.25, 0.3) is 10.1 Å². The van der Waals surface area contributed by atoms with Crippen LogP contribution < -0.4 is 9.47 Å². The second kappa shape index (κ2) is 10.6. The predicted molar refractivity (Wildman–Crippen MR) is 116 cm³/mol. The second-order valence-electron chi connectivity index (χ2n) is 6.39. The smallest absolute Gasteiger partial charge is 0.352 e. The van der Waals surface area contributed by atoms with Crippen LogP contribution >= 0.6 is 11.3 Å². The van der Waals surface area contributed by atoms with Crippen molar-refractivity contribution >= 4 is 33.4 Å². The first kappa shape index (κ1) is 21.6. The molecule has 0 N–H and O–H groups in total. The maximum Gasteiger partial charge on any atom is 0.352 e. The van der Waals surface area contributed by atoms with Gasteiger partial charge in [-0.05, 0) is 43.2 Å². The molecule has 0 amide bonds. The third-order valence-corrected chi connectivity index (χ3v) is 5.51. The minimum absolute atomic E-state index is 0.226. The summed E-state index contributed by atoms with van der Waals surface area (Å²) >= 11 is 1.36. The molecule has 1 heterocycles. The zero-order valence-electron chi connectivity index (χ0n) is 17.0. The van der Waals surface area contributed by atoms with Crippen molar-refractivity contribution in [1.82, 2.24) is 0 Å². The van der Waals surface area contributed by atoms with E-state index in [4.69, 9.17) is 14.2 Å². The molecule has 3 rings (SSSR count). The number of hydrogen-bond donors (Lipinski definition) is 0. The molecule has 0 saturated heterocycles. The van der Waals surface area contributed by atoms with Crippen molar-refractivity contribution in [3.8, 4) is 11.5 Å². The lowest BCUT2D eigenvalue weighted by Gasteiger charge is -2.10. The summed E-state index contributed by atoms with van der Waals surface area (Å²) in [5, 5.41) is 0.889. The average Bonchev–Trinajstić information content (AvgIpc) is 3.14. The Labute approximate surface area is 179 Å². The number of thiophene rings is 1. The quantitative estimate of drug-likeness (QED) is 0.346. The Morgan fingerprint density at radius 3 is 2.43 bits per heavy atom. The molecule has 0 saturated carbocycles. The molecular formula is C23H24O6S. The molecule has 0 bridgehead atoms. The number of rotatable bonds is 10. The molecule has 6 nitrogen and oxygen atoms in total. The van der Waals surface area contributed by atoms with Gasteiger partial charge in [0.25, 0.3) is 0 Å². The standard InChI is InChI=1S/C23H24O6S/c1-3-27-23(25)22-21(18-6-4-5-7-19(18)30-22)29-15-14-28-17-11-8-16(9-12-17)10-13-20(24)26-2/h4-9,11-12H,3,10,13-15H2,1-2H3. The molecule has 30 heavy (non-hydrogen) atoms. The highest BCUT2D eigenvalue weighted by atomic mass is 32.1. The van der Waals surface area contributed by atoms with Crippen molar-refractivity contribution in [2.45, 2.75) is 19.8 Å². The van der Waals surface area contributed by atoms with Crippen LogP contribution in [0.1, 0.15) is 28.6 Å². The maximum atomic E-state index is 12.3. The van der Waals surface area contributed by atoms with Crippen LogP contribution in [0.4, 0.5) is 0 Å². The van der Waals surface area contributed by atoms with Gasteiger partial charge in [-0.25, -0.2) is 4.79 Å². The van der Waals surface area contributed by atoms with Gasteiger partial charge in [0.05, 0.1) is 13.7 Å². The van der Waals surface area contributed by atoms with Gasteiger partial charge in [-0.3, -0.25) is 4.79 Å². The molecule has 3 aromatic rings. The molecule has 0 aliphatic rings. The Hall–Kier alpha value is -3.06. The lowest BCUT2D eigenvalue weighted by atomic mass is 10.1. The molecule has 0 aliphatic carbocycles. The van der Waals surface area contributed by atoms with Crippen molar-refractivity contribution in [2.24, 2.45) is 0 Å². The lowest BCUT2D eigenvalue weighted by Crippen LogP contribution is -2.11.